The fraction of sp³-hybridized carbons (Fsp3) is 0.414. The number of nitrogens with two attached hydrogens (primary N) is 1. The van der Waals surface area contributed by atoms with Crippen LogP contribution in [0, 0.1) is 0 Å². The van der Waals surface area contributed by atoms with E-state index in [2.05, 4.69) is 16.4 Å². The average molecular weight is 502 g/mol. The van der Waals surface area contributed by atoms with Crippen LogP contribution in [0.2, 0.25) is 0 Å². The van der Waals surface area contributed by atoms with Crippen molar-refractivity contribution in [2.75, 3.05) is 24.5 Å². The summed E-state index contributed by atoms with van der Waals surface area (Å²) in [6.07, 6.45) is 3.79. The van der Waals surface area contributed by atoms with Gasteiger partial charge in [0, 0.05) is 61.2 Å². The Kier molecular flexibility index (Phi) is 6.31. The molecule has 0 aliphatic carbocycles. The number of hydrogen-bond acceptors (Lipinski definition) is 4. The van der Waals surface area contributed by atoms with Crippen LogP contribution >= 0.6 is 0 Å². The Balaban J connectivity index is 1.36. The number of likely N-dealkylation sites (tertiary alicyclic amines) is 1. The molecule has 1 fully saturated rings. The van der Waals surface area contributed by atoms with Gasteiger partial charge >= 0.3 is 0 Å². The van der Waals surface area contributed by atoms with Crippen LogP contribution in [0.1, 0.15) is 44.7 Å². The third kappa shape index (κ3) is 4.62. The van der Waals surface area contributed by atoms with Crippen LogP contribution in [0.4, 0.5) is 5.69 Å². The van der Waals surface area contributed by atoms with E-state index in [-0.39, 0.29) is 23.1 Å². The number of aromatic amines is 1. The predicted molar refractivity (Wildman–Crippen MR) is 144 cm³/mol. The number of nitrogens with zero attached hydrogens (tertiary/aromatic N) is 2. The molecule has 8 nitrogen and oxygen atoms in total. The summed E-state index contributed by atoms with van der Waals surface area (Å²) in [5.41, 5.74) is 8.92. The van der Waals surface area contributed by atoms with E-state index in [9.17, 15) is 14.4 Å². The summed E-state index contributed by atoms with van der Waals surface area (Å²) < 4.78 is 0. The first-order valence-electron chi connectivity index (χ1n) is 12.9. The number of anilines is 1. The van der Waals surface area contributed by atoms with Gasteiger partial charge in [-0.15, -0.1) is 0 Å². The first kappa shape index (κ1) is 25.0. The molecule has 4 N–H and O–H groups in total. The Morgan fingerprint density at radius 2 is 1.76 bits per heavy atom. The van der Waals surface area contributed by atoms with Crippen LogP contribution < -0.4 is 16.0 Å². The predicted octanol–water partition coefficient (Wildman–Crippen LogP) is 2.86. The zero-order valence-electron chi connectivity index (χ0n) is 21.7. The van der Waals surface area contributed by atoms with E-state index in [4.69, 9.17) is 5.73 Å². The molecular formula is C29H35N5O3. The lowest BCUT2D eigenvalue weighted by Crippen LogP contribution is -2.58. The van der Waals surface area contributed by atoms with Crippen molar-refractivity contribution in [2.24, 2.45) is 5.73 Å². The normalized spacial score (nSPS) is 17.6. The Morgan fingerprint density at radius 3 is 2.46 bits per heavy atom. The van der Waals surface area contributed by atoms with Crippen molar-refractivity contribution in [1.82, 2.24) is 15.2 Å². The molecule has 1 unspecified atom stereocenters. The van der Waals surface area contributed by atoms with Crippen molar-refractivity contribution in [3.8, 4) is 0 Å². The number of fused-ring (bicyclic) bond motifs is 3. The highest BCUT2D eigenvalue weighted by Crippen LogP contribution is 2.47. The quantitative estimate of drug-likeness (QED) is 0.499. The van der Waals surface area contributed by atoms with Gasteiger partial charge < -0.3 is 25.8 Å². The fourth-order valence-electron chi connectivity index (χ4n) is 5.78. The molecule has 2 aliphatic rings. The zero-order valence-corrected chi connectivity index (χ0v) is 21.7. The van der Waals surface area contributed by atoms with Gasteiger partial charge in [0.15, 0.2) is 0 Å². The summed E-state index contributed by atoms with van der Waals surface area (Å²) in [6, 6.07) is 15.3. The smallest absolute Gasteiger partial charge is 0.245 e. The van der Waals surface area contributed by atoms with Gasteiger partial charge in [0.05, 0.1) is 5.54 Å². The molecule has 37 heavy (non-hydrogen) atoms. The molecule has 1 atom stereocenters. The zero-order chi connectivity index (χ0) is 26.4. The number of benzene rings is 2. The first-order chi connectivity index (χ1) is 17.6. The maximum absolute atomic E-state index is 13.8. The summed E-state index contributed by atoms with van der Waals surface area (Å²) in [5, 5.41) is 3.97. The molecule has 0 saturated carbocycles. The second kappa shape index (κ2) is 9.34. The summed E-state index contributed by atoms with van der Waals surface area (Å²) >= 11 is 0. The van der Waals surface area contributed by atoms with Gasteiger partial charge in [-0.1, -0.05) is 36.4 Å². The molecule has 3 heterocycles. The molecule has 1 aromatic heterocycles. The van der Waals surface area contributed by atoms with E-state index in [1.165, 1.54) is 5.56 Å². The first-order valence-corrected chi connectivity index (χ1v) is 12.9. The standard InChI is InChI=1S/C29H35N5O3/c1-19(35)34-18-29(22-9-5-7-11-25(22)34)12-14-33(15-13-29)26(36)24(32-27(37)28(2,3)30)16-20-17-31-23-10-6-4-8-21(20)23/h4-11,17,24,31H,12-16,18,30H2,1-3H3,(H,32,37). The van der Waals surface area contributed by atoms with E-state index < -0.39 is 11.6 Å². The lowest BCUT2D eigenvalue weighted by molar-refractivity contribution is -0.138. The molecule has 5 rings (SSSR count). The minimum absolute atomic E-state index is 0.0359. The van der Waals surface area contributed by atoms with Crippen LogP contribution in [0.3, 0.4) is 0 Å². The van der Waals surface area contributed by atoms with Crippen LogP contribution in [-0.4, -0.2) is 58.8 Å². The lowest BCUT2D eigenvalue weighted by Gasteiger charge is -2.41. The molecule has 3 amide bonds. The number of nitrogens with one attached hydrogen (secondary N) is 2. The highest BCUT2D eigenvalue weighted by molar-refractivity contribution is 5.95. The monoisotopic (exact) mass is 501 g/mol. The SMILES string of the molecule is CC(=O)N1CC2(CCN(C(=O)C(Cc3c[nH]c4ccccc34)NC(=O)C(C)(C)N)CC2)c2ccccc21. The van der Waals surface area contributed by atoms with Gasteiger partial charge in [0.25, 0.3) is 0 Å². The maximum atomic E-state index is 13.8. The highest BCUT2D eigenvalue weighted by Gasteiger charge is 2.46. The molecule has 2 aliphatic heterocycles. The van der Waals surface area contributed by atoms with E-state index >= 15 is 0 Å². The number of para-hydroxylation sites is 2. The number of H-pyrrole nitrogens is 1. The van der Waals surface area contributed by atoms with Crippen molar-refractivity contribution < 1.29 is 14.4 Å². The maximum Gasteiger partial charge on any atom is 0.245 e. The van der Waals surface area contributed by atoms with Gasteiger partial charge in [-0.25, -0.2) is 0 Å². The van der Waals surface area contributed by atoms with Crippen LogP contribution in [0.15, 0.2) is 54.7 Å². The Morgan fingerprint density at radius 1 is 1.08 bits per heavy atom. The number of amides is 3. The molecular weight excluding hydrogens is 466 g/mol. The number of piperidine rings is 1. The summed E-state index contributed by atoms with van der Waals surface area (Å²) in [6.45, 7) is 6.64. The van der Waals surface area contributed by atoms with Crippen molar-refractivity contribution in [3.05, 3.63) is 65.9 Å². The van der Waals surface area contributed by atoms with Crippen molar-refractivity contribution in [1.29, 1.82) is 0 Å². The third-order valence-corrected chi connectivity index (χ3v) is 7.93. The van der Waals surface area contributed by atoms with Gasteiger partial charge in [0.1, 0.15) is 6.04 Å². The van der Waals surface area contributed by atoms with Gasteiger partial charge in [0.2, 0.25) is 17.7 Å². The average Bonchev–Trinajstić information content (AvgIpc) is 3.43. The minimum atomic E-state index is -1.10. The van der Waals surface area contributed by atoms with Crippen molar-refractivity contribution in [3.63, 3.8) is 0 Å². The summed E-state index contributed by atoms with van der Waals surface area (Å²) in [4.78, 5) is 46.0. The number of carbonyl (C=O) groups excluding carboxylic acids is 3. The summed E-state index contributed by atoms with van der Waals surface area (Å²) in [5.74, 6) is -0.429. The topological polar surface area (TPSA) is 112 Å². The molecule has 194 valence electrons. The van der Waals surface area contributed by atoms with Crippen LogP contribution in [0.25, 0.3) is 10.9 Å². The second-order valence-corrected chi connectivity index (χ2v) is 11.0. The Bertz CT molecular complexity index is 1350. The van der Waals surface area contributed by atoms with Crippen molar-refractivity contribution >= 4 is 34.3 Å². The Labute approximate surface area is 217 Å². The number of aromatic nitrogens is 1. The second-order valence-electron chi connectivity index (χ2n) is 11.0. The highest BCUT2D eigenvalue weighted by atomic mass is 16.2. The third-order valence-electron chi connectivity index (χ3n) is 7.93. The van der Waals surface area contributed by atoms with E-state index in [1.54, 1.807) is 20.8 Å². The van der Waals surface area contributed by atoms with Gasteiger partial charge in [-0.2, -0.15) is 0 Å². The molecule has 8 heteroatoms. The van der Waals surface area contributed by atoms with E-state index in [1.807, 2.05) is 58.5 Å². The molecule has 0 radical (unpaired) electrons. The van der Waals surface area contributed by atoms with E-state index in [0.717, 1.165) is 35.0 Å². The summed E-state index contributed by atoms with van der Waals surface area (Å²) in [7, 11) is 0. The molecule has 1 saturated heterocycles. The largest absolute Gasteiger partial charge is 0.361 e. The Hall–Kier alpha value is -3.65. The van der Waals surface area contributed by atoms with Crippen LogP contribution in [-0.2, 0) is 26.2 Å². The van der Waals surface area contributed by atoms with Gasteiger partial charge in [-0.05, 0) is 49.9 Å². The number of carbonyl (C=O) groups is 3. The lowest BCUT2D eigenvalue weighted by atomic mass is 9.74. The van der Waals surface area contributed by atoms with Gasteiger partial charge in [-0.3, -0.25) is 14.4 Å². The van der Waals surface area contributed by atoms with E-state index in [0.29, 0.717) is 26.1 Å². The molecule has 3 aromatic rings. The number of hydrogen-bond donors (Lipinski definition) is 3. The molecule has 2 aromatic carbocycles. The molecule has 0 bridgehead atoms. The van der Waals surface area contributed by atoms with Crippen LogP contribution in [0.5, 0.6) is 0 Å². The number of rotatable bonds is 5. The minimum Gasteiger partial charge on any atom is -0.361 e. The molecule has 1 spiro atoms. The van der Waals surface area contributed by atoms with Crippen molar-refractivity contribution in [2.45, 2.75) is 57.0 Å². The fourth-order valence-corrected chi connectivity index (χ4v) is 5.78.